The Hall–Kier alpha value is -0.410. The first-order valence-corrected chi connectivity index (χ1v) is 9.57. The zero-order valence-corrected chi connectivity index (χ0v) is 14.2. The van der Waals surface area contributed by atoms with Crippen LogP contribution in [-0.2, 0) is 8.67 Å². The summed E-state index contributed by atoms with van der Waals surface area (Å²) in [5, 5.41) is 2.49. The molecule has 7 heteroatoms. The molecule has 2 rings (SSSR count). The van der Waals surface area contributed by atoms with Gasteiger partial charge in [0.1, 0.15) is 0 Å². The molecule has 0 radical (unpaired) electrons. The summed E-state index contributed by atoms with van der Waals surface area (Å²) in [6.45, 7) is 3.12. The molecule has 0 unspecified atom stereocenters. The molecule has 0 spiro atoms. The maximum absolute atomic E-state index is 14.4. The summed E-state index contributed by atoms with van der Waals surface area (Å²) in [5.74, 6) is -4.08. The second-order valence-electron chi connectivity index (χ2n) is 5.37. The third-order valence-electron chi connectivity index (χ3n) is 3.30. The van der Waals surface area contributed by atoms with Gasteiger partial charge in [-0.05, 0) is 0 Å². The molecule has 21 heavy (non-hydrogen) atoms. The van der Waals surface area contributed by atoms with E-state index in [1.807, 2.05) is 0 Å². The Morgan fingerprint density at radius 2 is 1.81 bits per heavy atom. The Balaban J connectivity index is 2.38. The Labute approximate surface area is 129 Å². The summed E-state index contributed by atoms with van der Waals surface area (Å²) >= 11 is -3.80. The predicted molar refractivity (Wildman–Crippen MR) is 81.7 cm³/mol. The van der Waals surface area contributed by atoms with Crippen molar-refractivity contribution in [3.05, 3.63) is 33.4 Å². The first-order valence-electron chi connectivity index (χ1n) is 6.53. The van der Waals surface area contributed by atoms with Gasteiger partial charge < -0.3 is 0 Å². The van der Waals surface area contributed by atoms with E-state index < -0.39 is 42.1 Å². The SMILES string of the molecule is CNCCC(F)(F)C(F)(F)I1OC(C)(C)c2ccccc21. The molecule has 2 nitrogen and oxygen atoms in total. The average Bonchev–Trinajstić information content (AvgIpc) is 2.69. The Morgan fingerprint density at radius 1 is 1.19 bits per heavy atom. The molecule has 1 aliphatic rings. The molecule has 1 aliphatic heterocycles. The number of benzene rings is 1. The van der Waals surface area contributed by atoms with Crippen molar-refractivity contribution in [3.8, 4) is 0 Å². The second kappa shape index (κ2) is 5.66. The van der Waals surface area contributed by atoms with Gasteiger partial charge in [0.25, 0.3) is 0 Å². The summed E-state index contributed by atoms with van der Waals surface area (Å²) in [6, 6.07) is 6.47. The Bertz CT molecular complexity index is 521. The summed E-state index contributed by atoms with van der Waals surface area (Å²) in [5.41, 5.74) is -0.344. The fourth-order valence-corrected chi connectivity index (χ4v) is 7.56. The number of hydrogen-bond donors (Lipinski definition) is 1. The Morgan fingerprint density at radius 3 is 2.43 bits per heavy atom. The third kappa shape index (κ3) is 2.92. The summed E-state index contributed by atoms with van der Waals surface area (Å²) in [6.07, 6.45) is -0.906. The van der Waals surface area contributed by atoms with Gasteiger partial charge in [0.05, 0.1) is 0 Å². The normalized spacial score (nSPS) is 19.7. The van der Waals surface area contributed by atoms with Crippen LogP contribution in [0.15, 0.2) is 24.3 Å². The average molecular weight is 419 g/mol. The number of hydrogen-bond acceptors (Lipinski definition) is 2. The molecular formula is C14H18F4INO. The zero-order chi connectivity index (χ0) is 15.9. The molecule has 1 aromatic carbocycles. The first-order chi connectivity index (χ1) is 9.63. The van der Waals surface area contributed by atoms with Crippen LogP contribution in [-0.4, -0.2) is 23.4 Å². The zero-order valence-electron chi connectivity index (χ0n) is 12.0. The Kier molecular flexibility index (Phi) is 4.57. The molecule has 0 saturated heterocycles. The van der Waals surface area contributed by atoms with Crippen molar-refractivity contribution in [2.75, 3.05) is 13.6 Å². The van der Waals surface area contributed by atoms with Crippen LogP contribution in [0.3, 0.4) is 0 Å². The van der Waals surface area contributed by atoms with Crippen LogP contribution < -0.4 is 5.32 Å². The van der Waals surface area contributed by atoms with E-state index >= 15 is 0 Å². The van der Waals surface area contributed by atoms with Crippen molar-refractivity contribution in [2.24, 2.45) is 0 Å². The standard InChI is InChI=1S/C14H18F4INO/c1-12(2)10-6-4-5-7-11(10)19(21-12)14(17,18)13(15,16)8-9-20-3/h4-7,20H,8-9H2,1-3H3. The van der Waals surface area contributed by atoms with Crippen molar-refractivity contribution in [1.29, 1.82) is 0 Å². The number of fused-ring (bicyclic) bond motifs is 1. The van der Waals surface area contributed by atoms with Crippen molar-refractivity contribution >= 4 is 20.2 Å². The van der Waals surface area contributed by atoms with Gasteiger partial charge in [0, 0.05) is 0 Å². The molecule has 0 atom stereocenters. The van der Waals surface area contributed by atoms with Crippen molar-refractivity contribution in [1.82, 2.24) is 5.32 Å². The van der Waals surface area contributed by atoms with E-state index in [2.05, 4.69) is 5.32 Å². The van der Waals surface area contributed by atoms with E-state index in [-0.39, 0.29) is 6.54 Å². The van der Waals surface area contributed by atoms with Crippen LogP contribution in [0, 0.1) is 3.57 Å². The van der Waals surface area contributed by atoms with Gasteiger partial charge in [-0.1, -0.05) is 0 Å². The molecule has 0 amide bonds. The monoisotopic (exact) mass is 419 g/mol. The molecular weight excluding hydrogens is 401 g/mol. The molecule has 1 heterocycles. The van der Waals surface area contributed by atoms with Gasteiger partial charge in [0.15, 0.2) is 0 Å². The van der Waals surface area contributed by atoms with Gasteiger partial charge >= 0.3 is 129 Å². The number of rotatable bonds is 5. The van der Waals surface area contributed by atoms with Gasteiger partial charge in [-0.3, -0.25) is 0 Å². The van der Waals surface area contributed by atoms with E-state index in [1.165, 1.54) is 13.1 Å². The van der Waals surface area contributed by atoms with Crippen LogP contribution in [0.4, 0.5) is 17.6 Å². The van der Waals surface area contributed by atoms with Gasteiger partial charge in [0.2, 0.25) is 0 Å². The van der Waals surface area contributed by atoms with E-state index in [1.54, 1.807) is 32.0 Å². The van der Waals surface area contributed by atoms with Gasteiger partial charge in [-0.25, -0.2) is 0 Å². The van der Waals surface area contributed by atoms with Crippen molar-refractivity contribution in [3.63, 3.8) is 0 Å². The van der Waals surface area contributed by atoms with Crippen LogP contribution in [0.2, 0.25) is 0 Å². The maximum atomic E-state index is 14.4. The quantitative estimate of drug-likeness (QED) is 0.435. The molecule has 1 N–H and O–H groups in total. The van der Waals surface area contributed by atoms with E-state index in [9.17, 15) is 17.6 Å². The van der Waals surface area contributed by atoms with Crippen molar-refractivity contribution < 1.29 is 20.6 Å². The van der Waals surface area contributed by atoms with Crippen LogP contribution in [0.5, 0.6) is 0 Å². The fourth-order valence-electron chi connectivity index (χ4n) is 2.10. The minimum atomic E-state index is -4.11. The fraction of sp³-hybridized carbons (Fsp3) is 0.571. The topological polar surface area (TPSA) is 21.3 Å². The van der Waals surface area contributed by atoms with Crippen LogP contribution in [0.25, 0.3) is 0 Å². The van der Waals surface area contributed by atoms with Crippen LogP contribution in [0.1, 0.15) is 25.8 Å². The van der Waals surface area contributed by atoms with Gasteiger partial charge in [-0.15, -0.1) is 0 Å². The number of alkyl halides is 5. The molecule has 1 aromatic rings. The molecule has 0 aliphatic carbocycles. The minimum absolute atomic E-state index is 0.169. The summed E-state index contributed by atoms with van der Waals surface area (Å²) in [4.78, 5) is 0. The van der Waals surface area contributed by atoms with E-state index in [0.717, 1.165) is 0 Å². The molecule has 0 bridgehead atoms. The predicted octanol–water partition coefficient (Wildman–Crippen LogP) is 4.38. The third-order valence-corrected chi connectivity index (χ3v) is 8.85. The van der Waals surface area contributed by atoms with Gasteiger partial charge in [-0.2, -0.15) is 0 Å². The second-order valence-corrected chi connectivity index (χ2v) is 9.75. The number of halogens is 5. The first kappa shape index (κ1) is 17.0. The molecule has 0 fully saturated rings. The summed E-state index contributed by atoms with van der Waals surface area (Å²) < 4.78 is 58.4. The molecule has 120 valence electrons. The van der Waals surface area contributed by atoms with Crippen molar-refractivity contribution in [2.45, 2.75) is 35.7 Å². The molecule has 0 aromatic heterocycles. The summed E-state index contributed by atoms with van der Waals surface area (Å²) in [7, 11) is 1.46. The molecule has 0 saturated carbocycles. The number of nitrogens with one attached hydrogen (secondary N) is 1. The van der Waals surface area contributed by atoms with E-state index in [0.29, 0.717) is 9.13 Å². The van der Waals surface area contributed by atoms with Crippen LogP contribution >= 0.6 is 20.2 Å². The van der Waals surface area contributed by atoms with E-state index in [4.69, 9.17) is 3.07 Å².